The fourth-order valence-corrected chi connectivity index (χ4v) is 10.8. The number of fused-ring (bicyclic) bond motifs is 3. The molecule has 1 spiro atoms. The summed E-state index contributed by atoms with van der Waals surface area (Å²) in [6, 6.07) is 21.9. The molecule has 6 N–H and O–H groups in total. The second kappa shape index (κ2) is 20.7. The lowest BCUT2D eigenvalue weighted by Gasteiger charge is -2.60. The molecule has 0 radical (unpaired) electrons. The average molecular weight is 933 g/mol. The zero-order valence-electron chi connectivity index (χ0n) is 38.1. The number of benzene rings is 3. The summed E-state index contributed by atoms with van der Waals surface area (Å²) >= 11 is 11.7. The molecular formula is C50H63Cl2N5O8. The fraction of sp³-hybridized carbons (Fsp3) is 0.520. The Morgan fingerprint density at radius 1 is 0.846 bits per heavy atom. The van der Waals surface area contributed by atoms with Gasteiger partial charge in [-0.05, 0) is 138 Å². The van der Waals surface area contributed by atoms with Crippen molar-refractivity contribution in [2.45, 2.75) is 129 Å². The number of rotatable bonds is 6. The van der Waals surface area contributed by atoms with Gasteiger partial charge >= 0.3 is 0 Å². The number of aliphatic hydroxyl groups is 1. The molecular weight excluding hydrogens is 869 g/mol. The van der Waals surface area contributed by atoms with Gasteiger partial charge in [0.05, 0.1) is 0 Å². The van der Waals surface area contributed by atoms with E-state index in [0.29, 0.717) is 52.0 Å². The molecule has 4 heterocycles. The molecule has 65 heavy (non-hydrogen) atoms. The van der Waals surface area contributed by atoms with Crippen LogP contribution in [0.5, 0.6) is 0 Å². The molecule has 4 aliphatic heterocycles. The highest BCUT2D eigenvalue weighted by Crippen LogP contribution is 2.60. The van der Waals surface area contributed by atoms with Crippen molar-refractivity contribution in [1.82, 2.24) is 0 Å². The number of carbonyl (C=O) groups is 2. The van der Waals surface area contributed by atoms with E-state index in [1.54, 1.807) is 48.5 Å². The van der Waals surface area contributed by atoms with Crippen molar-refractivity contribution in [2.24, 2.45) is 51.0 Å². The molecule has 7 aliphatic rings. The Bertz CT molecular complexity index is 2260. The van der Waals surface area contributed by atoms with Gasteiger partial charge in [-0.15, -0.1) is 0 Å². The third-order valence-electron chi connectivity index (χ3n) is 13.8. The topological polar surface area (TPSA) is 189 Å². The van der Waals surface area contributed by atoms with E-state index in [9.17, 15) is 14.7 Å². The quantitative estimate of drug-likeness (QED) is 0.0797. The Labute approximate surface area is 392 Å². The number of nitrogens with one attached hydrogen (secondary N) is 1. The molecule has 10 rings (SSSR count). The van der Waals surface area contributed by atoms with Crippen LogP contribution in [-0.4, -0.2) is 65.2 Å². The molecule has 2 saturated carbocycles. The van der Waals surface area contributed by atoms with Crippen LogP contribution in [-0.2, 0) is 28.8 Å². The largest absolute Gasteiger partial charge is 0.507 e. The number of ketones is 2. The molecule has 350 valence electrons. The minimum Gasteiger partial charge on any atom is -0.507 e. The first kappa shape index (κ1) is 48.6. The van der Waals surface area contributed by atoms with Gasteiger partial charge in [-0.1, -0.05) is 73.4 Å². The number of nitrogens with zero attached hydrogens (tertiary/aromatic N) is 2. The van der Waals surface area contributed by atoms with E-state index in [-0.39, 0.29) is 48.1 Å². The maximum Gasteiger partial charge on any atom is 0.234 e. The van der Waals surface area contributed by atoms with Gasteiger partial charge in [0, 0.05) is 63.3 Å². The van der Waals surface area contributed by atoms with Crippen LogP contribution in [0.15, 0.2) is 88.4 Å². The number of aliphatic imine (C=N–C) groups is 2. The minimum atomic E-state index is -0.700. The van der Waals surface area contributed by atoms with E-state index < -0.39 is 23.0 Å². The number of guanidine groups is 2. The predicted molar refractivity (Wildman–Crippen MR) is 253 cm³/mol. The molecule has 0 aromatic heterocycles. The molecule has 3 aliphatic carbocycles. The van der Waals surface area contributed by atoms with Gasteiger partial charge in [0.25, 0.3) is 0 Å². The summed E-state index contributed by atoms with van der Waals surface area (Å²) in [5.41, 5.74) is 13.9. The molecule has 4 saturated heterocycles. The van der Waals surface area contributed by atoms with Crippen LogP contribution in [0, 0.1) is 29.6 Å². The first-order chi connectivity index (χ1) is 31.0. The van der Waals surface area contributed by atoms with Crippen molar-refractivity contribution in [3.63, 3.8) is 0 Å². The summed E-state index contributed by atoms with van der Waals surface area (Å²) in [4.78, 5) is 44.8. The molecule has 15 heteroatoms. The van der Waals surface area contributed by atoms with Crippen molar-refractivity contribution in [1.29, 1.82) is 0 Å². The van der Waals surface area contributed by atoms with Crippen molar-refractivity contribution in [2.75, 3.05) is 11.9 Å². The molecule has 3 aromatic rings. The molecule has 13 nitrogen and oxygen atoms in total. The summed E-state index contributed by atoms with van der Waals surface area (Å²) in [7, 11) is 0. The van der Waals surface area contributed by atoms with Crippen molar-refractivity contribution < 1.29 is 38.7 Å². The van der Waals surface area contributed by atoms with Gasteiger partial charge in [0.1, 0.15) is 5.76 Å². The fourth-order valence-electron chi connectivity index (χ4n) is 10.6. The molecule has 2 bridgehead atoms. The Morgan fingerprint density at radius 3 is 2.12 bits per heavy atom. The number of hydrogen-bond acceptors (Lipinski definition) is 9. The van der Waals surface area contributed by atoms with Crippen LogP contribution in [0.1, 0.15) is 120 Å². The molecule has 0 amide bonds. The lowest BCUT2D eigenvalue weighted by molar-refractivity contribution is -0.577. The number of aliphatic hydroxyl groups excluding tert-OH is 1. The highest BCUT2D eigenvalue weighted by atomic mass is 35.5. The molecule has 6 fully saturated rings. The number of allylic oxidation sites excluding steroid dienone is 1. The smallest absolute Gasteiger partial charge is 0.234 e. The second-order valence-electron chi connectivity index (χ2n) is 18.5. The number of halogens is 2. The second-order valence-corrected chi connectivity index (χ2v) is 19.4. The normalized spacial score (nSPS) is 32.0. The van der Waals surface area contributed by atoms with Crippen LogP contribution in [0.25, 0.3) is 5.76 Å². The first-order valence-electron chi connectivity index (χ1n) is 22.9. The van der Waals surface area contributed by atoms with Gasteiger partial charge in [-0.2, -0.15) is 4.99 Å². The van der Waals surface area contributed by atoms with Crippen LogP contribution in [0.2, 0.25) is 10.0 Å². The highest BCUT2D eigenvalue weighted by Gasteiger charge is 2.69. The van der Waals surface area contributed by atoms with Gasteiger partial charge in [0.2, 0.25) is 29.3 Å². The number of carbonyl (C=O) groups excluding carboxylic acids is 2. The van der Waals surface area contributed by atoms with E-state index in [2.05, 4.69) is 41.3 Å². The molecule has 1 unspecified atom stereocenters. The Kier molecular flexibility index (Phi) is 15.5. The van der Waals surface area contributed by atoms with E-state index >= 15 is 0 Å². The SMILES string of the molecule is CC(C)N=C(N)N=C(N)Nc1ccc(Cl)cc1.CCO[C@H]1O[C@@H]2OC3(C)CC[C@H]4[C@H](C)CC[C@@H]([C@H]1C)[C@@]24OO3.O=C1C(=O)c2ccccc2C(O)=C1C1CCC(c2ccc(Cl)cc2)CC1. The van der Waals surface area contributed by atoms with E-state index in [1.165, 1.54) is 12.0 Å². The standard InChI is InChI=1S/C22H19ClO3.C17H28O5.C11H16ClN5/c23-16-11-9-14(10-12-16)13-5-7-15(8-6-13)19-20(24)17-3-1-2-4-18(17)21(25)22(19)26;1-5-18-14-11(3)13-7-6-10(2)12-8-9-16(4)20-15(19-14)17(12,13)22-21-16;1-7(2)15-10(13)17-11(14)16-9-5-3-8(12)4-6-9/h1-4,9-13,15,24H,5-8H2;10-15H,5-9H2,1-4H3;3-7H,1-2H3,(H5,13,14,15,16,17)/t;10-,11-,12+,13+,14+,15-,16?,17-;/m.1./s1. The van der Waals surface area contributed by atoms with E-state index in [0.717, 1.165) is 55.7 Å². The highest BCUT2D eigenvalue weighted by molar-refractivity contribution is 6.52. The third-order valence-corrected chi connectivity index (χ3v) is 14.3. The summed E-state index contributed by atoms with van der Waals surface area (Å²) in [6.07, 6.45) is 7.08. The molecule has 8 atom stereocenters. The average Bonchev–Trinajstić information content (AvgIpc) is 3.51. The third kappa shape index (κ3) is 10.6. The number of anilines is 1. The van der Waals surface area contributed by atoms with Gasteiger partial charge < -0.3 is 36.1 Å². The zero-order chi connectivity index (χ0) is 46.6. The van der Waals surface area contributed by atoms with Crippen molar-refractivity contribution >= 4 is 58.1 Å². The van der Waals surface area contributed by atoms with Gasteiger partial charge in [-0.25, -0.2) is 14.8 Å². The zero-order valence-corrected chi connectivity index (χ0v) is 39.6. The summed E-state index contributed by atoms with van der Waals surface area (Å²) in [5.74, 6) is 0.590. The number of nitrogens with two attached hydrogens (primary N) is 2. The number of hydrogen-bond donors (Lipinski definition) is 4. The number of ether oxygens (including phenoxy) is 3. The monoisotopic (exact) mass is 931 g/mol. The summed E-state index contributed by atoms with van der Waals surface area (Å²) in [5, 5.41) is 14.9. The minimum absolute atomic E-state index is 0.0138. The van der Waals surface area contributed by atoms with Gasteiger partial charge in [0.15, 0.2) is 18.2 Å². The predicted octanol–water partition coefficient (Wildman–Crippen LogP) is 10.4. The maximum absolute atomic E-state index is 12.6. The summed E-state index contributed by atoms with van der Waals surface area (Å²) < 4.78 is 18.3. The molecule has 3 aromatic carbocycles. The lowest BCUT2D eigenvalue weighted by Crippen LogP contribution is -2.70. The van der Waals surface area contributed by atoms with Crippen LogP contribution >= 0.6 is 23.2 Å². The Morgan fingerprint density at radius 2 is 1.48 bits per heavy atom. The van der Waals surface area contributed by atoms with Crippen molar-refractivity contribution in [3.8, 4) is 0 Å². The Balaban J connectivity index is 0.000000149. The van der Waals surface area contributed by atoms with E-state index in [1.807, 2.05) is 39.8 Å². The number of Topliss-reactive ketones (excluding diaryl/α,β-unsaturated/α-hetero) is 2. The Hall–Kier alpha value is -4.34. The van der Waals surface area contributed by atoms with Crippen LogP contribution in [0.3, 0.4) is 0 Å². The van der Waals surface area contributed by atoms with Crippen LogP contribution < -0.4 is 16.8 Å². The van der Waals surface area contributed by atoms with Crippen molar-refractivity contribution in [3.05, 3.63) is 105 Å². The lowest BCUT2D eigenvalue weighted by atomic mass is 9.58. The maximum atomic E-state index is 12.6. The first-order valence-corrected chi connectivity index (χ1v) is 23.7. The van der Waals surface area contributed by atoms with Crippen LogP contribution in [0.4, 0.5) is 5.69 Å². The summed E-state index contributed by atoms with van der Waals surface area (Å²) in [6.45, 7) is 13.0. The van der Waals surface area contributed by atoms with E-state index in [4.69, 9.17) is 58.7 Å². The van der Waals surface area contributed by atoms with Gasteiger partial charge in [-0.3, -0.25) is 9.59 Å².